The molecular formula is C18H24N2O3. The molecule has 1 saturated carbocycles. The molecule has 0 unspecified atom stereocenters. The van der Waals surface area contributed by atoms with Crippen molar-refractivity contribution in [3.63, 3.8) is 0 Å². The van der Waals surface area contributed by atoms with E-state index in [1.165, 1.54) is 12.8 Å². The smallest absolute Gasteiger partial charge is 0.240 e. The molecule has 2 fully saturated rings. The zero-order valence-corrected chi connectivity index (χ0v) is 13.6. The van der Waals surface area contributed by atoms with Gasteiger partial charge in [0, 0.05) is 13.1 Å². The van der Waals surface area contributed by atoms with Gasteiger partial charge >= 0.3 is 0 Å². The molecule has 3 rings (SSSR count). The van der Waals surface area contributed by atoms with Crippen molar-refractivity contribution < 1.29 is 14.3 Å². The predicted molar refractivity (Wildman–Crippen MR) is 88.3 cm³/mol. The summed E-state index contributed by atoms with van der Waals surface area (Å²) < 4.78 is 5.26. The number of hydrogen-bond acceptors (Lipinski definition) is 3. The molecule has 1 aromatic carbocycles. The Hall–Kier alpha value is -2.04. The normalized spacial score (nSPS) is 19.6. The summed E-state index contributed by atoms with van der Waals surface area (Å²) in [5, 5.41) is 2.89. The molecule has 1 N–H and O–H groups in total. The molecule has 1 aliphatic heterocycles. The number of carbonyl (C=O) groups excluding carboxylic acids is 2. The average molecular weight is 316 g/mol. The van der Waals surface area contributed by atoms with Gasteiger partial charge in [0.2, 0.25) is 11.8 Å². The van der Waals surface area contributed by atoms with Crippen LogP contribution in [0.4, 0.5) is 5.69 Å². The summed E-state index contributed by atoms with van der Waals surface area (Å²) >= 11 is 0. The van der Waals surface area contributed by atoms with Gasteiger partial charge in [-0.05, 0) is 37.8 Å². The number of hydrogen-bond donors (Lipinski definition) is 1. The highest BCUT2D eigenvalue weighted by Gasteiger charge is 2.58. The van der Waals surface area contributed by atoms with Crippen molar-refractivity contribution in [1.82, 2.24) is 4.90 Å². The molecule has 2 aliphatic rings. The minimum atomic E-state index is -0.856. The number of carbonyl (C=O) groups is 2. The number of rotatable bonds is 4. The highest BCUT2D eigenvalue weighted by atomic mass is 16.5. The average Bonchev–Trinajstić information content (AvgIpc) is 3.39. The van der Waals surface area contributed by atoms with Gasteiger partial charge in [-0.15, -0.1) is 0 Å². The number of amides is 2. The summed E-state index contributed by atoms with van der Waals surface area (Å²) in [4.78, 5) is 27.5. The standard InChI is InChI=1S/C18H24N2O3/c1-23-15-9-5-4-8-14(15)19-16(21)18(10-11-18)17(22)20-12-6-2-3-7-13-20/h4-5,8-9H,2-3,6-7,10-13H2,1H3,(H,19,21). The van der Waals surface area contributed by atoms with Crippen LogP contribution in [-0.4, -0.2) is 36.9 Å². The molecule has 0 radical (unpaired) electrons. The third-order valence-electron chi connectivity index (χ3n) is 4.84. The van der Waals surface area contributed by atoms with Gasteiger partial charge in [0.15, 0.2) is 0 Å². The van der Waals surface area contributed by atoms with E-state index in [2.05, 4.69) is 5.32 Å². The number of nitrogens with one attached hydrogen (secondary N) is 1. The lowest BCUT2D eigenvalue weighted by Crippen LogP contribution is -2.43. The van der Waals surface area contributed by atoms with Crippen LogP contribution in [0.2, 0.25) is 0 Å². The maximum Gasteiger partial charge on any atom is 0.240 e. The molecule has 5 heteroatoms. The summed E-state index contributed by atoms with van der Waals surface area (Å²) in [6.45, 7) is 1.56. The van der Waals surface area contributed by atoms with Gasteiger partial charge in [0.25, 0.3) is 0 Å². The second-order valence-corrected chi connectivity index (χ2v) is 6.44. The van der Waals surface area contributed by atoms with Gasteiger partial charge in [0.05, 0.1) is 12.8 Å². The summed E-state index contributed by atoms with van der Waals surface area (Å²) in [7, 11) is 1.57. The number of ether oxygens (including phenoxy) is 1. The molecule has 23 heavy (non-hydrogen) atoms. The van der Waals surface area contributed by atoms with Crippen molar-refractivity contribution in [2.24, 2.45) is 5.41 Å². The summed E-state index contributed by atoms with van der Waals surface area (Å²) in [6, 6.07) is 7.28. The molecule has 1 saturated heterocycles. The van der Waals surface area contributed by atoms with Gasteiger partial charge in [0.1, 0.15) is 11.2 Å². The number of nitrogens with zero attached hydrogens (tertiary/aromatic N) is 1. The van der Waals surface area contributed by atoms with Crippen LogP contribution < -0.4 is 10.1 Å². The number of likely N-dealkylation sites (tertiary alicyclic amines) is 1. The molecule has 0 spiro atoms. The molecule has 5 nitrogen and oxygen atoms in total. The van der Waals surface area contributed by atoms with Crippen LogP contribution in [0.15, 0.2) is 24.3 Å². The fourth-order valence-corrected chi connectivity index (χ4v) is 3.23. The van der Waals surface area contributed by atoms with Crippen molar-refractivity contribution in [2.45, 2.75) is 38.5 Å². The van der Waals surface area contributed by atoms with Crippen molar-refractivity contribution in [2.75, 3.05) is 25.5 Å². The predicted octanol–water partition coefficient (Wildman–Crippen LogP) is 2.82. The Morgan fingerprint density at radius 3 is 2.35 bits per heavy atom. The lowest BCUT2D eigenvalue weighted by molar-refractivity contribution is -0.142. The Morgan fingerprint density at radius 2 is 1.74 bits per heavy atom. The first-order chi connectivity index (χ1) is 11.2. The lowest BCUT2D eigenvalue weighted by Gasteiger charge is -2.25. The molecule has 2 amide bonds. The molecule has 124 valence electrons. The Kier molecular flexibility index (Phi) is 4.55. The van der Waals surface area contributed by atoms with Crippen LogP contribution in [-0.2, 0) is 9.59 Å². The van der Waals surface area contributed by atoms with Gasteiger partial charge in [-0.1, -0.05) is 25.0 Å². The maximum absolute atomic E-state index is 12.9. The molecular weight excluding hydrogens is 292 g/mol. The van der Waals surface area contributed by atoms with E-state index in [0.717, 1.165) is 25.9 Å². The molecule has 0 atom stereocenters. The van der Waals surface area contributed by atoms with E-state index < -0.39 is 5.41 Å². The Morgan fingerprint density at radius 1 is 1.09 bits per heavy atom. The molecule has 0 aromatic heterocycles. The van der Waals surface area contributed by atoms with Crippen molar-refractivity contribution >= 4 is 17.5 Å². The highest BCUT2D eigenvalue weighted by molar-refractivity contribution is 6.13. The summed E-state index contributed by atoms with van der Waals surface area (Å²) in [5.74, 6) is 0.418. The molecule has 1 aromatic rings. The highest BCUT2D eigenvalue weighted by Crippen LogP contribution is 2.48. The van der Waals surface area contributed by atoms with E-state index in [1.54, 1.807) is 19.2 Å². The van der Waals surface area contributed by atoms with E-state index in [1.807, 2.05) is 17.0 Å². The zero-order valence-electron chi connectivity index (χ0n) is 13.6. The fourth-order valence-electron chi connectivity index (χ4n) is 3.23. The van der Waals surface area contributed by atoms with Crippen LogP contribution in [0.3, 0.4) is 0 Å². The van der Waals surface area contributed by atoms with Gasteiger partial charge in [-0.2, -0.15) is 0 Å². The Bertz CT molecular complexity index is 588. The first-order valence-corrected chi connectivity index (χ1v) is 8.41. The van der Waals surface area contributed by atoms with Gasteiger partial charge < -0.3 is 15.0 Å². The maximum atomic E-state index is 12.9. The van der Waals surface area contributed by atoms with Crippen LogP contribution in [0.1, 0.15) is 38.5 Å². The minimum Gasteiger partial charge on any atom is -0.495 e. The van der Waals surface area contributed by atoms with Crippen LogP contribution in [0.25, 0.3) is 0 Å². The largest absolute Gasteiger partial charge is 0.495 e. The van der Waals surface area contributed by atoms with Crippen LogP contribution >= 0.6 is 0 Å². The third-order valence-corrected chi connectivity index (χ3v) is 4.84. The SMILES string of the molecule is COc1ccccc1NC(=O)C1(C(=O)N2CCCCCC2)CC1. The summed E-state index contributed by atoms with van der Waals surface area (Å²) in [5.41, 5.74) is -0.236. The zero-order chi connectivity index (χ0) is 16.3. The van der Waals surface area contributed by atoms with Crippen LogP contribution in [0.5, 0.6) is 5.75 Å². The Balaban J connectivity index is 1.72. The topological polar surface area (TPSA) is 58.6 Å². The van der Waals surface area contributed by atoms with Crippen molar-refractivity contribution in [3.8, 4) is 5.75 Å². The third kappa shape index (κ3) is 3.19. The number of para-hydroxylation sites is 2. The second-order valence-electron chi connectivity index (χ2n) is 6.44. The molecule has 1 aliphatic carbocycles. The fraction of sp³-hybridized carbons (Fsp3) is 0.556. The van der Waals surface area contributed by atoms with E-state index in [0.29, 0.717) is 24.3 Å². The van der Waals surface area contributed by atoms with E-state index >= 15 is 0 Å². The van der Waals surface area contributed by atoms with Gasteiger partial charge in [-0.3, -0.25) is 9.59 Å². The van der Waals surface area contributed by atoms with E-state index in [9.17, 15) is 9.59 Å². The Labute approximate surface area is 137 Å². The summed E-state index contributed by atoms with van der Waals surface area (Å²) in [6.07, 6.45) is 5.70. The lowest BCUT2D eigenvalue weighted by atomic mass is 10.0. The second kappa shape index (κ2) is 6.60. The van der Waals surface area contributed by atoms with E-state index in [4.69, 9.17) is 4.74 Å². The minimum absolute atomic E-state index is 0.00629. The molecule has 0 bridgehead atoms. The quantitative estimate of drug-likeness (QED) is 0.869. The number of anilines is 1. The number of benzene rings is 1. The van der Waals surface area contributed by atoms with Gasteiger partial charge in [-0.25, -0.2) is 0 Å². The van der Waals surface area contributed by atoms with E-state index in [-0.39, 0.29) is 11.8 Å². The first kappa shape index (κ1) is 15.8. The van der Waals surface area contributed by atoms with Crippen molar-refractivity contribution in [3.05, 3.63) is 24.3 Å². The first-order valence-electron chi connectivity index (χ1n) is 8.41. The van der Waals surface area contributed by atoms with Crippen molar-refractivity contribution in [1.29, 1.82) is 0 Å². The molecule has 1 heterocycles. The van der Waals surface area contributed by atoms with Crippen LogP contribution in [0, 0.1) is 5.41 Å². The monoisotopic (exact) mass is 316 g/mol. The number of methoxy groups -OCH3 is 1.